The second kappa shape index (κ2) is 10.3. The van der Waals surface area contributed by atoms with Crippen LogP contribution in [0.25, 0.3) is 5.76 Å². The fraction of sp³-hybridized carbons (Fsp3) is 0.222. The minimum Gasteiger partial charge on any atom is -0.507 e. The molecule has 3 aromatic rings. The molecule has 1 N–H and O–H groups in total. The van der Waals surface area contributed by atoms with Crippen LogP contribution >= 0.6 is 0 Å². The summed E-state index contributed by atoms with van der Waals surface area (Å²) in [6.07, 6.45) is 3.67. The quantitative estimate of drug-likeness (QED) is 0.301. The van der Waals surface area contributed by atoms with Crippen molar-refractivity contribution in [3.05, 3.63) is 89.3 Å². The summed E-state index contributed by atoms with van der Waals surface area (Å²) in [5.41, 5.74) is 1.94. The molecule has 1 saturated heterocycles. The first-order chi connectivity index (χ1) is 17.0. The number of hydrogen-bond donors (Lipinski definition) is 1. The lowest BCUT2D eigenvalue weighted by Crippen LogP contribution is -2.31. The van der Waals surface area contributed by atoms with Crippen molar-refractivity contribution in [2.75, 3.05) is 27.9 Å². The largest absolute Gasteiger partial charge is 0.507 e. The van der Waals surface area contributed by atoms with E-state index in [2.05, 4.69) is 4.98 Å². The van der Waals surface area contributed by atoms with Gasteiger partial charge in [0, 0.05) is 24.5 Å². The molecular formula is C27H26N2O6. The molecule has 1 aliphatic heterocycles. The summed E-state index contributed by atoms with van der Waals surface area (Å²) >= 11 is 0. The van der Waals surface area contributed by atoms with Crippen LogP contribution in [0, 0.1) is 0 Å². The molecule has 0 aliphatic carbocycles. The molecule has 8 nitrogen and oxygen atoms in total. The second-order valence-electron chi connectivity index (χ2n) is 7.95. The van der Waals surface area contributed by atoms with E-state index < -0.39 is 17.7 Å². The third kappa shape index (κ3) is 4.68. The van der Waals surface area contributed by atoms with Crippen LogP contribution in [0.1, 0.15) is 22.7 Å². The second-order valence-corrected chi connectivity index (χ2v) is 7.95. The van der Waals surface area contributed by atoms with Crippen molar-refractivity contribution in [1.29, 1.82) is 0 Å². The molecular weight excluding hydrogens is 448 g/mol. The Balaban J connectivity index is 1.73. The van der Waals surface area contributed by atoms with Crippen molar-refractivity contribution in [1.82, 2.24) is 9.88 Å². The van der Waals surface area contributed by atoms with Gasteiger partial charge in [0.2, 0.25) is 0 Å². The summed E-state index contributed by atoms with van der Waals surface area (Å²) in [5.74, 6) is 0.0221. The predicted octanol–water partition coefficient (Wildman–Crippen LogP) is 3.77. The number of amides is 1. The average Bonchev–Trinajstić information content (AvgIpc) is 3.16. The Morgan fingerprint density at radius 1 is 0.971 bits per heavy atom. The number of carbonyl (C=O) groups excluding carboxylic acids is 2. The maximum Gasteiger partial charge on any atom is 0.295 e. The normalized spacial score (nSPS) is 16.9. The Morgan fingerprint density at radius 3 is 2.46 bits per heavy atom. The number of aliphatic hydroxyl groups excluding tert-OH is 1. The number of aromatic nitrogens is 1. The van der Waals surface area contributed by atoms with Crippen LogP contribution in [0.15, 0.2) is 72.6 Å². The Labute approximate surface area is 203 Å². The zero-order valence-electron chi connectivity index (χ0n) is 19.7. The molecule has 0 saturated carbocycles. The van der Waals surface area contributed by atoms with Gasteiger partial charge in [-0.15, -0.1) is 0 Å². The van der Waals surface area contributed by atoms with E-state index in [-0.39, 0.29) is 17.9 Å². The Hall–Kier alpha value is -4.33. The van der Waals surface area contributed by atoms with E-state index in [1.165, 1.54) is 12.0 Å². The van der Waals surface area contributed by atoms with Crippen molar-refractivity contribution in [3.8, 4) is 17.2 Å². The summed E-state index contributed by atoms with van der Waals surface area (Å²) in [5, 5.41) is 11.2. The van der Waals surface area contributed by atoms with E-state index in [0.29, 0.717) is 34.8 Å². The van der Waals surface area contributed by atoms with Gasteiger partial charge in [0.05, 0.1) is 32.9 Å². The number of Topliss-reactive ketones (excluding diaryl/α,β-unsaturated/α-hetero) is 1. The summed E-state index contributed by atoms with van der Waals surface area (Å²) in [7, 11) is 4.64. The summed E-state index contributed by atoms with van der Waals surface area (Å²) in [6.45, 7) is 0.245. The average molecular weight is 475 g/mol. The van der Waals surface area contributed by atoms with E-state index >= 15 is 0 Å². The molecule has 4 rings (SSSR count). The number of nitrogens with zero attached hydrogens (tertiary/aromatic N) is 2. The van der Waals surface area contributed by atoms with E-state index in [1.54, 1.807) is 69.1 Å². The van der Waals surface area contributed by atoms with E-state index in [9.17, 15) is 14.7 Å². The topological polar surface area (TPSA) is 98.2 Å². The molecule has 8 heteroatoms. The molecule has 180 valence electrons. The van der Waals surface area contributed by atoms with Gasteiger partial charge in [-0.3, -0.25) is 14.6 Å². The number of methoxy groups -OCH3 is 3. The third-order valence-electron chi connectivity index (χ3n) is 5.97. The van der Waals surface area contributed by atoms with Crippen molar-refractivity contribution < 1.29 is 28.9 Å². The molecule has 1 amide bonds. The molecule has 0 spiro atoms. The zero-order chi connectivity index (χ0) is 24.9. The minimum atomic E-state index is -0.782. The maximum atomic E-state index is 13.2. The van der Waals surface area contributed by atoms with Gasteiger partial charge >= 0.3 is 0 Å². The van der Waals surface area contributed by atoms with E-state index in [0.717, 1.165) is 5.56 Å². The number of ketones is 1. The third-order valence-corrected chi connectivity index (χ3v) is 5.97. The van der Waals surface area contributed by atoms with Crippen molar-refractivity contribution in [2.24, 2.45) is 0 Å². The maximum absolute atomic E-state index is 13.2. The van der Waals surface area contributed by atoms with Crippen LogP contribution in [0.5, 0.6) is 17.2 Å². The van der Waals surface area contributed by atoms with Crippen LogP contribution in [-0.4, -0.2) is 54.6 Å². The van der Waals surface area contributed by atoms with Gasteiger partial charge in [-0.25, -0.2) is 0 Å². The number of benzene rings is 2. The Bertz CT molecular complexity index is 1270. The monoisotopic (exact) mass is 474 g/mol. The van der Waals surface area contributed by atoms with E-state index in [1.807, 2.05) is 12.1 Å². The number of hydrogen-bond acceptors (Lipinski definition) is 7. The molecule has 35 heavy (non-hydrogen) atoms. The fourth-order valence-corrected chi connectivity index (χ4v) is 4.21. The van der Waals surface area contributed by atoms with Crippen molar-refractivity contribution in [3.63, 3.8) is 0 Å². The summed E-state index contributed by atoms with van der Waals surface area (Å²) in [6, 6.07) is 15.0. The summed E-state index contributed by atoms with van der Waals surface area (Å²) in [4.78, 5) is 31.9. The fourth-order valence-electron chi connectivity index (χ4n) is 4.21. The number of pyridine rings is 1. The number of likely N-dealkylation sites (tertiary alicyclic amines) is 1. The molecule has 2 heterocycles. The molecule has 0 unspecified atom stereocenters. The van der Waals surface area contributed by atoms with E-state index in [4.69, 9.17) is 14.2 Å². The van der Waals surface area contributed by atoms with Crippen LogP contribution in [0.4, 0.5) is 0 Å². The van der Waals surface area contributed by atoms with Crippen LogP contribution in [0.3, 0.4) is 0 Å². The molecule has 1 atom stereocenters. The highest BCUT2D eigenvalue weighted by atomic mass is 16.5. The lowest BCUT2D eigenvalue weighted by molar-refractivity contribution is -0.139. The van der Waals surface area contributed by atoms with Gasteiger partial charge in [-0.1, -0.05) is 24.3 Å². The molecule has 0 bridgehead atoms. The first kappa shape index (κ1) is 23.8. The molecule has 1 aliphatic rings. The highest BCUT2D eigenvalue weighted by Gasteiger charge is 2.46. The number of rotatable bonds is 8. The van der Waals surface area contributed by atoms with Gasteiger partial charge in [-0.05, 0) is 47.9 Å². The van der Waals surface area contributed by atoms with Gasteiger partial charge in [0.1, 0.15) is 11.5 Å². The number of aliphatic hydroxyl groups is 1. The van der Waals surface area contributed by atoms with Gasteiger partial charge in [-0.2, -0.15) is 0 Å². The number of carbonyl (C=O) groups is 2. The van der Waals surface area contributed by atoms with Crippen molar-refractivity contribution in [2.45, 2.75) is 12.5 Å². The van der Waals surface area contributed by atoms with Gasteiger partial charge in [0.15, 0.2) is 11.5 Å². The first-order valence-corrected chi connectivity index (χ1v) is 11.0. The smallest absolute Gasteiger partial charge is 0.295 e. The minimum absolute atomic E-state index is 0.0172. The lowest BCUT2D eigenvalue weighted by Gasteiger charge is -2.25. The standard InChI is InChI=1S/C27H26N2O6/c1-33-20-8-4-6-18(15-20)25(30)23-24(19-7-5-12-28-16-19)29(27(32)26(23)31)13-11-17-9-10-21(34-2)22(14-17)35-3/h4-10,12,14-16,24,30H,11,13H2,1-3H3/t24-/m1/s1. The zero-order valence-corrected chi connectivity index (χ0v) is 19.7. The predicted molar refractivity (Wildman–Crippen MR) is 129 cm³/mol. The SMILES string of the molecule is COc1cccc(C(O)=C2C(=O)C(=O)N(CCc3ccc(OC)c(OC)c3)[C@@H]2c2cccnc2)c1. The molecule has 0 radical (unpaired) electrons. The molecule has 1 aromatic heterocycles. The Morgan fingerprint density at radius 2 is 1.77 bits per heavy atom. The van der Waals surface area contributed by atoms with Crippen molar-refractivity contribution >= 4 is 17.4 Å². The van der Waals surface area contributed by atoms with Gasteiger partial charge in [0.25, 0.3) is 11.7 Å². The van der Waals surface area contributed by atoms with Gasteiger partial charge < -0.3 is 24.2 Å². The van der Waals surface area contributed by atoms with Crippen LogP contribution in [-0.2, 0) is 16.0 Å². The lowest BCUT2D eigenvalue weighted by atomic mass is 9.96. The highest BCUT2D eigenvalue weighted by molar-refractivity contribution is 6.46. The Kier molecular flexibility index (Phi) is 7.01. The van der Waals surface area contributed by atoms with Crippen LogP contribution in [0.2, 0.25) is 0 Å². The molecule has 1 fully saturated rings. The highest BCUT2D eigenvalue weighted by Crippen LogP contribution is 2.39. The number of ether oxygens (including phenoxy) is 3. The molecule has 2 aromatic carbocycles. The first-order valence-electron chi connectivity index (χ1n) is 11.0. The van der Waals surface area contributed by atoms with Crippen LogP contribution < -0.4 is 14.2 Å². The summed E-state index contributed by atoms with van der Waals surface area (Å²) < 4.78 is 15.9.